The summed E-state index contributed by atoms with van der Waals surface area (Å²) in [6.07, 6.45) is 1.39. The second-order valence-electron chi connectivity index (χ2n) is 5.04. The molecule has 1 heterocycles. The van der Waals surface area contributed by atoms with Gasteiger partial charge in [0.15, 0.2) is 0 Å². The number of rotatable bonds is 6. The summed E-state index contributed by atoms with van der Waals surface area (Å²) in [6, 6.07) is 7.38. The Morgan fingerprint density at radius 2 is 1.96 bits per heavy atom. The van der Waals surface area contributed by atoms with E-state index in [0.29, 0.717) is 16.3 Å². The molecule has 0 bridgehead atoms. The van der Waals surface area contributed by atoms with Crippen LogP contribution >= 0.6 is 11.6 Å². The van der Waals surface area contributed by atoms with Gasteiger partial charge in [0.2, 0.25) is 0 Å². The lowest BCUT2D eigenvalue weighted by Crippen LogP contribution is -2.31. The topological polar surface area (TPSA) is 86.6 Å². The van der Waals surface area contributed by atoms with Crippen molar-refractivity contribution in [1.82, 2.24) is 9.88 Å². The van der Waals surface area contributed by atoms with E-state index in [1.807, 2.05) is 0 Å². The third kappa shape index (κ3) is 4.60. The number of nitrogens with zero attached hydrogens (tertiary/aromatic N) is 1. The highest BCUT2D eigenvalue weighted by molar-refractivity contribution is 6.31. The van der Waals surface area contributed by atoms with Crippen molar-refractivity contribution in [3.05, 3.63) is 63.0 Å². The average molecular weight is 365 g/mol. The zero-order chi connectivity index (χ0) is 18.4. The van der Waals surface area contributed by atoms with E-state index in [0.717, 1.165) is 0 Å². The van der Waals surface area contributed by atoms with E-state index in [-0.39, 0.29) is 30.1 Å². The number of esters is 1. The van der Waals surface area contributed by atoms with Crippen molar-refractivity contribution in [2.75, 3.05) is 20.8 Å². The first-order chi connectivity index (χ1) is 12.0. The second-order valence-corrected chi connectivity index (χ2v) is 5.48. The van der Waals surface area contributed by atoms with Gasteiger partial charge >= 0.3 is 5.97 Å². The van der Waals surface area contributed by atoms with Crippen LogP contribution in [0, 0.1) is 0 Å². The lowest BCUT2D eigenvalue weighted by atomic mass is 10.2. The third-order valence-corrected chi connectivity index (χ3v) is 3.68. The fourth-order valence-electron chi connectivity index (χ4n) is 2.19. The quantitative estimate of drug-likeness (QED) is 0.789. The Morgan fingerprint density at radius 3 is 2.64 bits per heavy atom. The van der Waals surface area contributed by atoms with Crippen molar-refractivity contribution in [3.8, 4) is 5.75 Å². The van der Waals surface area contributed by atoms with Crippen molar-refractivity contribution in [2.24, 2.45) is 0 Å². The molecule has 132 valence electrons. The minimum atomic E-state index is -0.540. The van der Waals surface area contributed by atoms with E-state index in [2.05, 4.69) is 10.1 Å². The van der Waals surface area contributed by atoms with E-state index >= 15 is 0 Å². The van der Waals surface area contributed by atoms with Crippen LogP contribution in [-0.2, 0) is 11.3 Å². The maximum atomic E-state index is 12.3. The van der Waals surface area contributed by atoms with Gasteiger partial charge < -0.3 is 19.4 Å². The van der Waals surface area contributed by atoms with E-state index in [9.17, 15) is 14.4 Å². The summed E-state index contributed by atoms with van der Waals surface area (Å²) < 4.78 is 11.1. The first-order valence-corrected chi connectivity index (χ1v) is 7.74. The number of pyridine rings is 1. The molecule has 7 nitrogen and oxygen atoms in total. The van der Waals surface area contributed by atoms with Gasteiger partial charge in [0.05, 0.1) is 25.3 Å². The number of nitrogens with one attached hydrogen (secondary N) is 1. The Bertz CT molecular complexity index is 847. The Hall–Kier alpha value is -2.80. The largest absolute Gasteiger partial charge is 0.496 e. The highest BCUT2D eigenvalue weighted by atomic mass is 35.5. The van der Waals surface area contributed by atoms with Crippen LogP contribution in [-0.4, -0.2) is 37.2 Å². The molecule has 0 aliphatic heterocycles. The maximum Gasteiger partial charge on any atom is 0.339 e. The van der Waals surface area contributed by atoms with E-state index < -0.39 is 5.97 Å². The second kappa shape index (κ2) is 8.34. The Kier molecular flexibility index (Phi) is 6.19. The molecule has 1 N–H and O–H groups in total. The summed E-state index contributed by atoms with van der Waals surface area (Å²) in [5.41, 5.74) is 0.262. The number of hydrogen-bond donors (Lipinski definition) is 1. The Labute approximate surface area is 149 Å². The number of halogens is 1. The molecule has 0 saturated heterocycles. The van der Waals surface area contributed by atoms with Crippen LogP contribution in [0.15, 0.2) is 41.3 Å². The molecule has 0 radical (unpaired) electrons. The van der Waals surface area contributed by atoms with Crippen LogP contribution < -0.4 is 15.6 Å². The molecule has 0 spiro atoms. The number of ether oxygens (including phenoxy) is 2. The molecule has 0 atom stereocenters. The molecule has 0 unspecified atom stereocenters. The molecule has 25 heavy (non-hydrogen) atoms. The number of methoxy groups -OCH3 is 2. The smallest absolute Gasteiger partial charge is 0.339 e. The summed E-state index contributed by atoms with van der Waals surface area (Å²) in [4.78, 5) is 35.6. The molecule has 0 fully saturated rings. The highest BCUT2D eigenvalue weighted by Gasteiger charge is 2.13. The van der Waals surface area contributed by atoms with Gasteiger partial charge in [-0.25, -0.2) is 4.79 Å². The van der Waals surface area contributed by atoms with Crippen LogP contribution in [0.5, 0.6) is 5.75 Å². The van der Waals surface area contributed by atoms with Crippen molar-refractivity contribution < 1.29 is 19.1 Å². The van der Waals surface area contributed by atoms with Gasteiger partial charge in [-0.05, 0) is 24.3 Å². The van der Waals surface area contributed by atoms with Crippen LogP contribution in [0.25, 0.3) is 0 Å². The summed E-state index contributed by atoms with van der Waals surface area (Å²) in [5, 5.41) is 3.10. The molecule has 2 rings (SSSR count). The Morgan fingerprint density at radius 1 is 1.20 bits per heavy atom. The van der Waals surface area contributed by atoms with Crippen LogP contribution in [0.4, 0.5) is 0 Å². The third-order valence-electron chi connectivity index (χ3n) is 3.45. The zero-order valence-electron chi connectivity index (χ0n) is 13.7. The number of benzene rings is 1. The summed E-state index contributed by atoms with van der Waals surface area (Å²) >= 11 is 5.90. The molecular formula is C17H17ClN2O5. The minimum Gasteiger partial charge on any atom is -0.496 e. The monoisotopic (exact) mass is 364 g/mol. The summed E-state index contributed by atoms with van der Waals surface area (Å²) in [7, 11) is 2.72. The number of aromatic nitrogens is 1. The van der Waals surface area contributed by atoms with E-state index in [1.54, 1.807) is 12.1 Å². The SMILES string of the molecule is COC(=O)c1ccc(=O)n(CCNC(=O)c2cc(Cl)ccc2OC)c1. The van der Waals surface area contributed by atoms with Gasteiger partial charge in [-0.15, -0.1) is 0 Å². The lowest BCUT2D eigenvalue weighted by Gasteiger charge is -2.11. The van der Waals surface area contributed by atoms with Crippen LogP contribution in [0.2, 0.25) is 5.02 Å². The van der Waals surface area contributed by atoms with Crippen molar-refractivity contribution in [1.29, 1.82) is 0 Å². The fraction of sp³-hybridized carbons (Fsp3) is 0.235. The van der Waals surface area contributed by atoms with Gasteiger partial charge in [0, 0.05) is 30.4 Å². The molecule has 0 aliphatic carbocycles. The lowest BCUT2D eigenvalue weighted by molar-refractivity contribution is 0.0599. The first-order valence-electron chi connectivity index (χ1n) is 7.37. The average Bonchev–Trinajstić information content (AvgIpc) is 2.62. The summed E-state index contributed by atoms with van der Waals surface area (Å²) in [5.74, 6) is -0.523. The molecular weight excluding hydrogens is 348 g/mol. The number of amides is 1. The zero-order valence-corrected chi connectivity index (χ0v) is 14.5. The highest BCUT2D eigenvalue weighted by Crippen LogP contribution is 2.22. The molecule has 0 aliphatic rings. The van der Waals surface area contributed by atoms with Crippen molar-refractivity contribution in [3.63, 3.8) is 0 Å². The predicted molar refractivity (Wildman–Crippen MR) is 92.4 cm³/mol. The number of hydrogen-bond acceptors (Lipinski definition) is 5. The number of carbonyl (C=O) groups excluding carboxylic acids is 2. The summed E-state index contributed by atoms with van der Waals surface area (Å²) in [6.45, 7) is 0.372. The van der Waals surface area contributed by atoms with Crippen LogP contribution in [0.3, 0.4) is 0 Å². The normalized spacial score (nSPS) is 10.2. The van der Waals surface area contributed by atoms with Crippen LogP contribution in [0.1, 0.15) is 20.7 Å². The van der Waals surface area contributed by atoms with Gasteiger partial charge in [0.25, 0.3) is 11.5 Å². The minimum absolute atomic E-state index is 0.180. The first kappa shape index (κ1) is 18.5. The van der Waals surface area contributed by atoms with Gasteiger partial charge in [-0.2, -0.15) is 0 Å². The molecule has 1 aromatic heterocycles. The molecule has 0 saturated carbocycles. The van der Waals surface area contributed by atoms with Crippen molar-refractivity contribution in [2.45, 2.75) is 6.54 Å². The molecule has 8 heteroatoms. The molecule has 1 amide bonds. The van der Waals surface area contributed by atoms with E-state index in [1.165, 1.54) is 43.2 Å². The van der Waals surface area contributed by atoms with Gasteiger partial charge in [-0.1, -0.05) is 11.6 Å². The number of carbonyl (C=O) groups is 2. The maximum absolute atomic E-state index is 12.3. The van der Waals surface area contributed by atoms with E-state index in [4.69, 9.17) is 16.3 Å². The Balaban J connectivity index is 2.06. The van der Waals surface area contributed by atoms with Gasteiger partial charge in [0.1, 0.15) is 5.75 Å². The molecule has 1 aromatic carbocycles. The predicted octanol–water partition coefficient (Wildman–Crippen LogP) is 1.73. The fourth-order valence-corrected chi connectivity index (χ4v) is 2.36. The van der Waals surface area contributed by atoms with Crippen molar-refractivity contribution >= 4 is 23.5 Å². The molecule has 2 aromatic rings. The standard InChI is InChI=1S/C17H17ClN2O5/c1-24-14-5-4-12(18)9-13(14)16(22)19-7-8-20-10-11(17(23)25-2)3-6-15(20)21/h3-6,9-10H,7-8H2,1-2H3,(H,19,22). The van der Waals surface area contributed by atoms with Gasteiger partial charge in [-0.3, -0.25) is 9.59 Å².